The minimum atomic E-state index is -3.82. The molecule has 3 aromatic carbocycles. The maximum atomic E-state index is 12.3. The Bertz CT molecular complexity index is 1130. The molecule has 0 unspecified atom stereocenters. The lowest BCUT2D eigenvalue weighted by Gasteiger charge is -2.10. The Balaban J connectivity index is 1.51. The minimum Gasteiger partial charge on any atom is -0.497 e. The van der Waals surface area contributed by atoms with Crippen molar-refractivity contribution in [3.05, 3.63) is 72.8 Å². The summed E-state index contributed by atoms with van der Waals surface area (Å²) in [5.74, 6) is 2.05. The third-order valence-electron chi connectivity index (χ3n) is 4.30. The van der Waals surface area contributed by atoms with Gasteiger partial charge in [0, 0.05) is 5.69 Å². The molecule has 9 heteroatoms. The van der Waals surface area contributed by atoms with Gasteiger partial charge >= 0.3 is 0 Å². The van der Waals surface area contributed by atoms with E-state index in [1.54, 1.807) is 36.4 Å². The van der Waals surface area contributed by atoms with E-state index in [1.165, 1.54) is 31.4 Å². The van der Waals surface area contributed by atoms with Crippen molar-refractivity contribution in [1.29, 1.82) is 0 Å². The van der Waals surface area contributed by atoms with Gasteiger partial charge in [-0.2, -0.15) is 0 Å². The van der Waals surface area contributed by atoms with Crippen LogP contribution < -0.4 is 24.2 Å². The number of sulfonamides is 1. The molecule has 3 aromatic rings. The van der Waals surface area contributed by atoms with Crippen molar-refractivity contribution in [2.45, 2.75) is 11.8 Å². The van der Waals surface area contributed by atoms with Crippen molar-refractivity contribution < 1.29 is 27.4 Å². The Morgan fingerprint density at radius 1 is 0.812 bits per heavy atom. The first-order valence-electron chi connectivity index (χ1n) is 9.84. The second-order valence-corrected chi connectivity index (χ2v) is 8.35. The summed E-state index contributed by atoms with van der Waals surface area (Å²) in [6.45, 7) is 2.11. The van der Waals surface area contributed by atoms with E-state index < -0.39 is 22.5 Å². The van der Waals surface area contributed by atoms with Gasteiger partial charge in [-0.3, -0.25) is 4.79 Å². The van der Waals surface area contributed by atoms with E-state index in [1.807, 2.05) is 19.1 Å². The average Bonchev–Trinajstić information content (AvgIpc) is 2.81. The first kappa shape index (κ1) is 23.1. The number of amides is 1. The van der Waals surface area contributed by atoms with Crippen molar-refractivity contribution in [3.8, 4) is 23.0 Å². The molecule has 0 aliphatic heterocycles. The van der Waals surface area contributed by atoms with E-state index in [-0.39, 0.29) is 4.90 Å². The van der Waals surface area contributed by atoms with Crippen molar-refractivity contribution in [3.63, 3.8) is 0 Å². The Kier molecular flexibility index (Phi) is 7.69. The van der Waals surface area contributed by atoms with Crippen LogP contribution in [0.5, 0.6) is 23.0 Å². The number of benzene rings is 3. The maximum absolute atomic E-state index is 12.3. The fraction of sp³-hybridized carbons (Fsp3) is 0.174. The third-order valence-corrected chi connectivity index (χ3v) is 5.72. The van der Waals surface area contributed by atoms with Crippen LogP contribution in [0.15, 0.2) is 77.7 Å². The quantitative estimate of drug-likeness (QED) is 0.481. The number of carbonyl (C=O) groups excluding carboxylic acids is 1. The lowest BCUT2D eigenvalue weighted by Crippen LogP contribution is -2.32. The normalized spacial score (nSPS) is 10.9. The second-order valence-electron chi connectivity index (χ2n) is 6.58. The molecule has 0 saturated heterocycles. The lowest BCUT2D eigenvalue weighted by molar-refractivity contribution is -0.115. The molecule has 0 aliphatic rings. The van der Waals surface area contributed by atoms with Crippen LogP contribution in [0.1, 0.15) is 6.92 Å². The van der Waals surface area contributed by atoms with E-state index in [0.717, 1.165) is 5.75 Å². The van der Waals surface area contributed by atoms with Gasteiger partial charge in [0.2, 0.25) is 15.9 Å². The van der Waals surface area contributed by atoms with Gasteiger partial charge in [-0.05, 0) is 79.7 Å². The molecule has 32 heavy (non-hydrogen) atoms. The van der Waals surface area contributed by atoms with Crippen molar-refractivity contribution in [1.82, 2.24) is 4.72 Å². The van der Waals surface area contributed by atoms with Crippen LogP contribution in [-0.4, -0.2) is 34.6 Å². The Hall–Kier alpha value is -3.56. The predicted molar refractivity (Wildman–Crippen MR) is 121 cm³/mol. The zero-order valence-corrected chi connectivity index (χ0v) is 18.5. The number of rotatable bonds is 10. The average molecular weight is 457 g/mol. The molecular formula is C23H24N2O6S. The van der Waals surface area contributed by atoms with E-state index in [2.05, 4.69) is 10.0 Å². The topological polar surface area (TPSA) is 103 Å². The zero-order chi connectivity index (χ0) is 23.0. The van der Waals surface area contributed by atoms with Crippen LogP contribution in [0.3, 0.4) is 0 Å². The summed E-state index contributed by atoms with van der Waals surface area (Å²) in [7, 11) is -2.33. The van der Waals surface area contributed by atoms with Crippen LogP contribution in [0.25, 0.3) is 0 Å². The Labute approximate surface area is 187 Å². The van der Waals surface area contributed by atoms with Crippen molar-refractivity contribution >= 4 is 21.6 Å². The summed E-state index contributed by atoms with van der Waals surface area (Å²) in [5, 5.41) is 2.64. The highest BCUT2D eigenvalue weighted by molar-refractivity contribution is 7.89. The summed E-state index contributed by atoms with van der Waals surface area (Å²) < 4.78 is 43.1. The molecule has 0 aromatic heterocycles. The molecule has 168 valence electrons. The largest absolute Gasteiger partial charge is 0.497 e. The first-order chi connectivity index (χ1) is 15.4. The molecular weight excluding hydrogens is 432 g/mol. The summed E-state index contributed by atoms with van der Waals surface area (Å²) in [6, 6.07) is 19.9. The van der Waals surface area contributed by atoms with Gasteiger partial charge in [-0.25, -0.2) is 13.1 Å². The number of nitrogens with one attached hydrogen (secondary N) is 2. The molecule has 1 amide bonds. The molecule has 0 radical (unpaired) electrons. The molecule has 2 N–H and O–H groups in total. The van der Waals surface area contributed by atoms with Crippen LogP contribution in [0, 0.1) is 0 Å². The third kappa shape index (κ3) is 6.47. The van der Waals surface area contributed by atoms with Crippen LogP contribution in [0.4, 0.5) is 5.69 Å². The highest BCUT2D eigenvalue weighted by atomic mass is 32.2. The molecule has 0 spiro atoms. The van der Waals surface area contributed by atoms with Crippen molar-refractivity contribution in [2.24, 2.45) is 0 Å². The predicted octanol–water partition coefficient (Wildman–Crippen LogP) is 3.80. The van der Waals surface area contributed by atoms with E-state index >= 15 is 0 Å². The standard InChI is InChI=1S/C23H24N2O6S/c1-3-30-19-8-10-21(11-9-19)31-20-6-4-17(5-7-20)25-23(26)16-24-32(27,28)22-14-12-18(29-2)13-15-22/h4-15,24H,3,16H2,1-2H3,(H,25,26). The summed E-state index contributed by atoms with van der Waals surface area (Å²) in [6.07, 6.45) is 0. The fourth-order valence-corrected chi connectivity index (χ4v) is 3.70. The highest BCUT2D eigenvalue weighted by Crippen LogP contribution is 2.25. The van der Waals surface area contributed by atoms with Gasteiger partial charge in [0.05, 0.1) is 25.2 Å². The smallest absolute Gasteiger partial charge is 0.241 e. The Morgan fingerprint density at radius 2 is 1.34 bits per heavy atom. The molecule has 0 bridgehead atoms. The molecule has 0 atom stereocenters. The van der Waals surface area contributed by atoms with Crippen LogP contribution in [0.2, 0.25) is 0 Å². The molecule has 0 fully saturated rings. The number of hydrogen-bond donors (Lipinski definition) is 2. The second kappa shape index (κ2) is 10.7. The lowest BCUT2D eigenvalue weighted by atomic mass is 10.3. The highest BCUT2D eigenvalue weighted by Gasteiger charge is 2.15. The molecule has 0 heterocycles. The number of anilines is 1. The zero-order valence-electron chi connectivity index (χ0n) is 17.7. The van der Waals surface area contributed by atoms with Crippen LogP contribution in [-0.2, 0) is 14.8 Å². The summed E-state index contributed by atoms with van der Waals surface area (Å²) >= 11 is 0. The molecule has 0 aliphatic carbocycles. The number of carbonyl (C=O) groups is 1. The van der Waals surface area contributed by atoms with Gasteiger partial charge in [-0.1, -0.05) is 0 Å². The van der Waals surface area contributed by atoms with Gasteiger partial charge in [0.25, 0.3) is 0 Å². The summed E-state index contributed by atoms with van der Waals surface area (Å²) in [5.41, 5.74) is 0.512. The van der Waals surface area contributed by atoms with Gasteiger partial charge in [0.1, 0.15) is 23.0 Å². The van der Waals surface area contributed by atoms with E-state index in [0.29, 0.717) is 29.5 Å². The fourth-order valence-electron chi connectivity index (χ4n) is 2.72. The minimum absolute atomic E-state index is 0.0434. The molecule has 0 saturated carbocycles. The van der Waals surface area contributed by atoms with E-state index in [9.17, 15) is 13.2 Å². The number of ether oxygens (including phenoxy) is 3. The number of hydrogen-bond acceptors (Lipinski definition) is 6. The maximum Gasteiger partial charge on any atom is 0.241 e. The molecule has 3 rings (SSSR count). The van der Waals surface area contributed by atoms with Crippen molar-refractivity contribution in [2.75, 3.05) is 25.6 Å². The summed E-state index contributed by atoms with van der Waals surface area (Å²) in [4.78, 5) is 12.2. The SMILES string of the molecule is CCOc1ccc(Oc2ccc(NC(=O)CNS(=O)(=O)c3ccc(OC)cc3)cc2)cc1. The first-order valence-corrected chi connectivity index (χ1v) is 11.3. The molecule has 8 nitrogen and oxygen atoms in total. The van der Waals surface area contributed by atoms with E-state index in [4.69, 9.17) is 14.2 Å². The van der Waals surface area contributed by atoms with Gasteiger partial charge in [-0.15, -0.1) is 0 Å². The Morgan fingerprint density at radius 3 is 1.91 bits per heavy atom. The van der Waals surface area contributed by atoms with Gasteiger partial charge in [0.15, 0.2) is 0 Å². The van der Waals surface area contributed by atoms with Crippen LogP contribution >= 0.6 is 0 Å². The monoisotopic (exact) mass is 456 g/mol. The number of methoxy groups -OCH3 is 1. The van der Waals surface area contributed by atoms with Gasteiger partial charge < -0.3 is 19.5 Å².